The van der Waals surface area contributed by atoms with Crippen molar-refractivity contribution in [3.63, 3.8) is 0 Å². The second kappa shape index (κ2) is 7.87. The molecule has 3 rings (SSSR count). The lowest BCUT2D eigenvalue weighted by molar-refractivity contribution is -0.134. The first-order valence-corrected chi connectivity index (χ1v) is 9.66. The smallest absolute Gasteiger partial charge is 0.258 e. The summed E-state index contributed by atoms with van der Waals surface area (Å²) in [6.07, 6.45) is 2.19. The van der Waals surface area contributed by atoms with Crippen LogP contribution in [0.3, 0.4) is 0 Å². The molecule has 1 aromatic carbocycles. The molecule has 1 N–H and O–H groups in total. The molecule has 1 saturated carbocycles. The zero-order valence-electron chi connectivity index (χ0n) is 17.3. The number of amides is 1. The lowest BCUT2D eigenvalue weighted by Crippen LogP contribution is -2.36. The number of fused-ring (bicyclic) bond motifs is 1. The van der Waals surface area contributed by atoms with E-state index < -0.39 is 0 Å². The van der Waals surface area contributed by atoms with Crippen molar-refractivity contribution in [1.82, 2.24) is 14.9 Å². The lowest BCUT2D eigenvalue weighted by Gasteiger charge is -2.23. The van der Waals surface area contributed by atoms with Crippen LogP contribution in [0.15, 0.2) is 40.7 Å². The normalized spacial score (nSPS) is 20.0. The maximum Gasteiger partial charge on any atom is 0.258 e. The van der Waals surface area contributed by atoms with E-state index >= 15 is 0 Å². The van der Waals surface area contributed by atoms with Gasteiger partial charge in [0, 0.05) is 13.7 Å². The van der Waals surface area contributed by atoms with Gasteiger partial charge in [-0.3, -0.25) is 9.59 Å². The second-order valence-corrected chi connectivity index (χ2v) is 8.35. The highest BCUT2D eigenvalue weighted by Gasteiger charge is 2.61. The molecule has 0 bridgehead atoms. The van der Waals surface area contributed by atoms with Crippen LogP contribution in [0.4, 0.5) is 0 Å². The van der Waals surface area contributed by atoms with Crippen molar-refractivity contribution < 1.29 is 9.53 Å². The zero-order chi connectivity index (χ0) is 20.5. The molecule has 1 amide bonds. The number of methoxy groups -OCH3 is 1. The number of carbonyl (C=O) groups excluding carboxylic acids is 1. The summed E-state index contributed by atoms with van der Waals surface area (Å²) in [5, 5.41) is 0.549. The minimum absolute atomic E-state index is 0.0635. The van der Waals surface area contributed by atoms with Crippen molar-refractivity contribution in [2.24, 2.45) is 17.3 Å². The van der Waals surface area contributed by atoms with Crippen molar-refractivity contribution >= 4 is 16.8 Å². The third-order valence-electron chi connectivity index (χ3n) is 5.57. The number of hydrogen-bond acceptors (Lipinski definition) is 4. The van der Waals surface area contributed by atoms with Gasteiger partial charge in [0.25, 0.3) is 5.56 Å². The van der Waals surface area contributed by atoms with E-state index in [0.717, 1.165) is 0 Å². The van der Waals surface area contributed by atoms with Gasteiger partial charge in [-0.1, -0.05) is 37.6 Å². The third kappa shape index (κ3) is 4.02. The van der Waals surface area contributed by atoms with Crippen LogP contribution in [0.25, 0.3) is 10.9 Å². The standard InChI is InChI=1S/C22H29N3O3/c1-14(2)12-16-19(22(16,3)4)21(27)25(10-11-28-5)13-18-23-17-9-7-6-8-15(17)20(26)24-18/h6-9,12,16,19H,10-11,13H2,1-5H3,(H,23,24,26)/t16-,19-/m1/s1. The Morgan fingerprint density at radius 3 is 2.71 bits per heavy atom. The van der Waals surface area contributed by atoms with Gasteiger partial charge in [-0.15, -0.1) is 0 Å². The molecule has 0 saturated heterocycles. The summed E-state index contributed by atoms with van der Waals surface area (Å²) < 4.78 is 5.20. The van der Waals surface area contributed by atoms with Crippen LogP contribution in [-0.4, -0.2) is 41.0 Å². The van der Waals surface area contributed by atoms with Gasteiger partial charge in [-0.05, 0) is 37.3 Å². The first-order valence-electron chi connectivity index (χ1n) is 9.66. The largest absolute Gasteiger partial charge is 0.383 e. The van der Waals surface area contributed by atoms with Crippen LogP contribution in [0.5, 0.6) is 0 Å². The van der Waals surface area contributed by atoms with E-state index in [4.69, 9.17) is 4.74 Å². The monoisotopic (exact) mass is 383 g/mol. The Balaban J connectivity index is 1.86. The summed E-state index contributed by atoms with van der Waals surface area (Å²) >= 11 is 0. The van der Waals surface area contributed by atoms with Crippen LogP contribution >= 0.6 is 0 Å². The van der Waals surface area contributed by atoms with E-state index in [1.165, 1.54) is 5.57 Å². The zero-order valence-corrected chi connectivity index (χ0v) is 17.3. The number of hydrogen-bond donors (Lipinski definition) is 1. The molecule has 0 unspecified atom stereocenters. The van der Waals surface area contributed by atoms with Gasteiger partial charge in [0.15, 0.2) is 0 Å². The number of benzene rings is 1. The van der Waals surface area contributed by atoms with E-state index in [0.29, 0.717) is 29.9 Å². The molecule has 2 aromatic rings. The molecule has 6 nitrogen and oxygen atoms in total. The van der Waals surface area contributed by atoms with E-state index in [1.807, 2.05) is 18.2 Å². The maximum absolute atomic E-state index is 13.3. The first-order chi connectivity index (χ1) is 13.3. The van der Waals surface area contributed by atoms with E-state index in [-0.39, 0.29) is 35.3 Å². The number of ether oxygens (including phenoxy) is 1. The van der Waals surface area contributed by atoms with Crippen LogP contribution in [-0.2, 0) is 16.1 Å². The maximum atomic E-state index is 13.3. The van der Waals surface area contributed by atoms with Gasteiger partial charge in [-0.25, -0.2) is 4.98 Å². The molecule has 28 heavy (non-hydrogen) atoms. The molecule has 0 spiro atoms. The van der Waals surface area contributed by atoms with Crippen molar-refractivity contribution in [1.29, 1.82) is 0 Å². The van der Waals surface area contributed by atoms with Gasteiger partial charge in [0.1, 0.15) is 5.82 Å². The van der Waals surface area contributed by atoms with Gasteiger partial charge >= 0.3 is 0 Å². The molecule has 1 heterocycles. The fourth-order valence-electron chi connectivity index (χ4n) is 3.88. The highest BCUT2D eigenvalue weighted by Crippen LogP contribution is 2.60. The topological polar surface area (TPSA) is 75.3 Å². The molecule has 1 aliphatic carbocycles. The fourth-order valence-corrected chi connectivity index (χ4v) is 3.88. The third-order valence-corrected chi connectivity index (χ3v) is 5.57. The SMILES string of the molecule is COCCN(Cc1nc2ccccc2c(=O)[nH]1)C(=O)[C@H]1[C@@H](C=C(C)C)C1(C)C. The molecule has 0 aliphatic heterocycles. The number of H-pyrrole nitrogens is 1. The minimum atomic E-state index is -0.186. The molecular weight excluding hydrogens is 354 g/mol. The Labute approximate surface area is 165 Å². The second-order valence-electron chi connectivity index (χ2n) is 8.35. The Morgan fingerprint density at radius 1 is 1.32 bits per heavy atom. The summed E-state index contributed by atoms with van der Waals surface area (Å²) in [6.45, 7) is 9.53. The number of para-hydroxylation sites is 1. The highest BCUT2D eigenvalue weighted by atomic mass is 16.5. The average molecular weight is 383 g/mol. The van der Waals surface area contributed by atoms with Crippen LogP contribution in [0.2, 0.25) is 0 Å². The van der Waals surface area contributed by atoms with E-state index in [9.17, 15) is 9.59 Å². The van der Waals surface area contributed by atoms with Crippen LogP contribution in [0.1, 0.15) is 33.5 Å². The Hall–Kier alpha value is -2.47. The summed E-state index contributed by atoms with van der Waals surface area (Å²) in [5.41, 5.74) is 1.60. The summed E-state index contributed by atoms with van der Waals surface area (Å²) in [5.74, 6) is 0.746. The van der Waals surface area contributed by atoms with Crippen molar-refractivity contribution in [2.75, 3.05) is 20.3 Å². The predicted molar refractivity (Wildman–Crippen MR) is 110 cm³/mol. The average Bonchev–Trinajstić information content (AvgIpc) is 3.17. The Bertz CT molecular complexity index is 957. The van der Waals surface area contributed by atoms with Gasteiger partial charge < -0.3 is 14.6 Å². The molecule has 1 fully saturated rings. The molecule has 1 aromatic heterocycles. The number of aromatic amines is 1. The summed E-state index contributed by atoms with van der Waals surface area (Å²) in [7, 11) is 1.62. The van der Waals surface area contributed by atoms with Gasteiger partial charge in [0.2, 0.25) is 5.91 Å². The molecule has 6 heteroatoms. The van der Waals surface area contributed by atoms with Gasteiger partial charge in [-0.2, -0.15) is 0 Å². The molecular formula is C22H29N3O3. The Morgan fingerprint density at radius 2 is 2.04 bits per heavy atom. The summed E-state index contributed by atoms with van der Waals surface area (Å²) in [6, 6.07) is 7.22. The number of aromatic nitrogens is 2. The van der Waals surface area contributed by atoms with Crippen molar-refractivity contribution in [2.45, 2.75) is 34.2 Å². The molecule has 1 aliphatic rings. The lowest BCUT2D eigenvalue weighted by atomic mass is 10.1. The minimum Gasteiger partial charge on any atom is -0.383 e. The molecule has 150 valence electrons. The van der Waals surface area contributed by atoms with Crippen molar-refractivity contribution in [3.8, 4) is 0 Å². The molecule has 2 atom stereocenters. The van der Waals surface area contributed by atoms with E-state index in [2.05, 4.69) is 43.7 Å². The highest BCUT2D eigenvalue weighted by molar-refractivity contribution is 5.84. The Kier molecular flexibility index (Phi) is 5.70. The van der Waals surface area contributed by atoms with Gasteiger partial charge in [0.05, 0.1) is 30.0 Å². The van der Waals surface area contributed by atoms with Crippen LogP contribution < -0.4 is 5.56 Å². The quantitative estimate of drug-likeness (QED) is 0.746. The number of allylic oxidation sites excluding steroid dienone is 2. The first kappa shape index (κ1) is 20.3. The number of rotatable bonds is 7. The van der Waals surface area contributed by atoms with E-state index in [1.54, 1.807) is 18.1 Å². The number of carbonyl (C=O) groups is 1. The number of nitrogens with one attached hydrogen (secondary N) is 1. The molecule has 0 radical (unpaired) electrons. The summed E-state index contributed by atoms with van der Waals surface area (Å²) in [4.78, 5) is 34.8. The van der Waals surface area contributed by atoms with Crippen LogP contribution in [0, 0.1) is 17.3 Å². The van der Waals surface area contributed by atoms with Crippen molar-refractivity contribution in [3.05, 3.63) is 52.1 Å². The predicted octanol–water partition coefficient (Wildman–Crippen LogP) is 3.14. The number of nitrogens with zero attached hydrogens (tertiary/aromatic N) is 2. The fraction of sp³-hybridized carbons (Fsp3) is 0.500.